The zero-order valence-corrected chi connectivity index (χ0v) is 18.9. The number of nitrogens with zero attached hydrogens (tertiary/aromatic N) is 7. The van der Waals surface area contributed by atoms with Gasteiger partial charge in [0.2, 0.25) is 0 Å². The van der Waals surface area contributed by atoms with Crippen LogP contribution in [0.25, 0.3) is 11.5 Å². The fourth-order valence-electron chi connectivity index (χ4n) is 4.35. The first-order valence-electron chi connectivity index (χ1n) is 11.1. The van der Waals surface area contributed by atoms with Gasteiger partial charge in [0.25, 0.3) is 5.91 Å². The summed E-state index contributed by atoms with van der Waals surface area (Å²) in [5.74, 6) is 3.00. The normalized spacial score (nSPS) is 15.9. The second-order valence-corrected chi connectivity index (χ2v) is 8.85. The lowest BCUT2D eigenvalue weighted by Gasteiger charge is -2.24. The smallest absolute Gasteiger partial charge is 0.260 e. The molecule has 3 aromatic rings. The summed E-state index contributed by atoms with van der Waals surface area (Å²) in [5.41, 5.74) is 9.25. The molecule has 1 unspecified atom stereocenters. The van der Waals surface area contributed by atoms with Gasteiger partial charge < -0.3 is 15.2 Å². The van der Waals surface area contributed by atoms with E-state index in [4.69, 9.17) is 15.7 Å². The van der Waals surface area contributed by atoms with Crippen LogP contribution < -0.4 is 15.5 Å². The van der Waals surface area contributed by atoms with Crippen LogP contribution in [0.5, 0.6) is 0 Å². The van der Waals surface area contributed by atoms with Crippen LogP contribution in [0, 0.1) is 0 Å². The molecule has 9 heteroatoms. The van der Waals surface area contributed by atoms with Gasteiger partial charge in [0, 0.05) is 37.7 Å². The minimum absolute atomic E-state index is 0.0844. The Morgan fingerprint density at radius 3 is 2.72 bits per heavy atom. The van der Waals surface area contributed by atoms with Gasteiger partial charge in [0.1, 0.15) is 23.2 Å². The Balaban J connectivity index is 1.53. The third-order valence-corrected chi connectivity index (χ3v) is 6.35. The first-order valence-corrected chi connectivity index (χ1v) is 11.1. The van der Waals surface area contributed by atoms with E-state index in [-0.39, 0.29) is 18.0 Å². The Bertz CT molecular complexity index is 1200. The van der Waals surface area contributed by atoms with Crippen LogP contribution in [0.15, 0.2) is 24.3 Å². The van der Waals surface area contributed by atoms with E-state index in [1.807, 2.05) is 43.1 Å². The van der Waals surface area contributed by atoms with Gasteiger partial charge in [-0.25, -0.2) is 9.97 Å². The van der Waals surface area contributed by atoms with Crippen molar-refractivity contribution in [2.24, 2.45) is 5.73 Å². The zero-order valence-electron chi connectivity index (χ0n) is 18.9. The molecule has 2 N–H and O–H groups in total. The summed E-state index contributed by atoms with van der Waals surface area (Å²) in [5, 5.41) is 8.62. The summed E-state index contributed by atoms with van der Waals surface area (Å²) < 4.78 is 2.11. The van der Waals surface area contributed by atoms with Gasteiger partial charge in [0.05, 0.1) is 17.8 Å². The molecule has 0 radical (unpaired) electrons. The molecule has 2 aliphatic rings. The largest absolute Gasteiger partial charge is 0.357 e. The molecule has 166 valence electrons. The molecule has 3 aromatic heterocycles. The van der Waals surface area contributed by atoms with Crippen molar-refractivity contribution >= 4 is 17.5 Å². The molecule has 0 aromatic carbocycles. The standard InChI is InChI=1S/C23H28N8O/c1-13(2)29(4)20-11-15-16(21(26-20)14(3)24)12-31(23(15)32)18-8-5-7-17(25-18)22-28-27-19-9-6-10-30(19)22/h5,7-8,11,13-14H,6,9-10,12,24H2,1-4H3. The summed E-state index contributed by atoms with van der Waals surface area (Å²) >= 11 is 0. The number of nitrogens with two attached hydrogens (primary N) is 1. The van der Waals surface area contributed by atoms with E-state index in [2.05, 4.69) is 28.6 Å². The molecule has 0 aliphatic carbocycles. The van der Waals surface area contributed by atoms with E-state index in [9.17, 15) is 4.79 Å². The molecule has 1 atom stereocenters. The average molecular weight is 433 g/mol. The van der Waals surface area contributed by atoms with E-state index in [0.29, 0.717) is 17.9 Å². The van der Waals surface area contributed by atoms with Crippen molar-refractivity contribution in [1.29, 1.82) is 0 Å². The lowest BCUT2D eigenvalue weighted by molar-refractivity contribution is 0.0996. The third-order valence-electron chi connectivity index (χ3n) is 6.35. The topological polar surface area (TPSA) is 106 Å². The highest BCUT2D eigenvalue weighted by atomic mass is 16.2. The molecule has 0 spiro atoms. The van der Waals surface area contributed by atoms with Crippen LogP contribution in [-0.2, 0) is 19.5 Å². The number of pyridine rings is 2. The lowest BCUT2D eigenvalue weighted by Crippen LogP contribution is -2.28. The van der Waals surface area contributed by atoms with Gasteiger partial charge in [-0.1, -0.05) is 6.07 Å². The SMILES string of the molecule is CC(N)c1nc(N(C)C(C)C)cc2c1CN(c1cccc(-c3nnc4n3CCC4)n1)C2=O. The predicted octanol–water partition coefficient (Wildman–Crippen LogP) is 2.71. The number of carbonyl (C=O) groups excluding carboxylic acids is 1. The molecule has 0 bridgehead atoms. The monoisotopic (exact) mass is 432 g/mol. The Morgan fingerprint density at radius 2 is 1.97 bits per heavy atom. The molecule has 32 heavy (non-hydrogen) atoms. The van der Waals surface area contributed by atoms with E-state index in [1.165, 1.54) is 0 Å². The third kappa shape index (κ3) is 3.24. The zero-order chi connectivity index (χ0) is 22.6. The number of anilines is 2. The molecule has 1 amide bonds. The van der Waals surface area contributed by atoms with Crippen molar-refractivity contribution in [2.45, 2.75) is 58.8 Å². The number of hydrogen-bond donors (Lipinski definition) is 1. The lowest BCUT2D eigenvalue weighted by atomic mass is 10.0. The number of amides is 1. The average Bonchev–Trinajstić information content (AvgIpc) is 3.47. The van der Waals surface area contributed by atoms with E-state index < -0.39 is 0 Å². The van der Waals surface area contributed by atoms with Crippen molar-refractivity contribution in [2.75, 3.05) is 16.8 Å². The molecule has 9 nitrogen and oxygen atoms in total. The second kappa shape index (κ2) is 7.67. The molecule has 0 saturated heterocycles. The summed E-state index contributed by atoms with van der Waals surface area (Å²) in [6.45, 7) is 7.38. The molecule has 5 heterocycles. The number of aromatic nitrogens is 5. The van der Waals surface area contributed by atoms with Crippen LogP contribution >= 0.6 is 0 Å². The number of hydrogen-bond acceptors (Lipinski definition) is 7. The molecule has 5 rings (SSSR count). The Kier molecular flexibility index (Phi) is 4.93. The maximum Gasteiger partial charge on any atom is 0.260 e. The van der Waals surface area contributed by atoms with Gasteiger partial charge in [-0.3, -0.25) is 9.69 Å². The Morgan fingerprint density at radius 1 is 1.16 bits per heavy atom. The fraction of sp³-hybridized carbons (Fsp3) is 0.435. The van der Waals surface area contributed by atoms with Crippen molar-refractivity contribution in [3.05, 3.63) is 46.9 Å². The highest BCUT2D eigenvalue weighted by molar-refractivity contribution is 6.10. The van der Waals surface area contributed by atoms with Crippen LogP contribution in [-0.4, -0.2) is 43.7 Å². The number of carbonyl (C=O) groups is 1. The van der Waals surface area contributed by atoms with Crippen LogP contribution in [0.3, 0.4) is 0 Å². The van der Waals surface area contributed by atoms with Gasteiger partial charge >= 0.3 is 0 Å². The maximum absolute atomic E-state index is 13.5. The molecular weight excluding hydrogens is 404 g/mol. The van der Waals surface area contributed by atoms with E-state index in [0.717, 1.165) is 53.8 Å². The van der Waals surface area contributed by atoms with Gasteiger partial charge in [0.15, 0.2) is 5.82 Å². The quantitative estimate of drug-likeness (QED) is 0.661. The van der Waals surface area contributed by atoms with Gasteiger partial charge in [-0.2, -0.15) is 0 Å². The Hall–Kier alpha value is -3.33. The van der Waals surface area contributed by atoms with Crippen LogP contribution in [0.4, 0.5) is 11.6 Å². The summed E-state index contributed by atoms with van der Waals surface area (Å²) in [6, 6.07) is 7.52. The maximum atomic E-state index is 13.5. The second-order valence-electron chi connectivity index (χ2n) is 8.85. The molecule has 0 fully saturated rings. The molecular formula is C23H28N8O. The molecule has 0 saturated carbocycles. The minimum Gasteiger partial charge on any atom is -0.357 e. The summed E-state index contributed by atoms with van der Waals surface area (Å²) in [7, 11) is 1.98. The van der Waals surface area contributed by atoms with Gasteiger partial charge in [-0.05, 0) is 45.4 Å². The Labute approximate surface area is 187 Å². The van der Waals surface area contributed by atoms with Crippen molar-refractivity contribution in [3.8, 4) is 11.5 Å². The molecule has 2 aliphatic heterocycles. The first kappa shape index (κ1) is 20.6. The number of fused-ring (bicyclic) bond motifs is 2. The summed E-state index contributed by atoms with van der Waals surface area (Å²) in [6.07, 6.45) is 2.00. The first-order chi connectivity index (χ1) is 15.3. The number of rotatable bonds is 5. The highest BCUT2D eigenvalue weighted by Gasteiger charge is 2.34. The van der Waals surface area contributed by atoms with E-state index in [1.54, 1.807) is 4.90 Å². The van der Waals surface area contributed by atoms with Crippen molar-refractivity contribution < 1.29 is 4.79 Å². The van der Waals surface area contributed by atoms with Crippen molar-refractivity contribution in [3.63, 3.8) is 0 Å². The minimum atomic E-state index is -0.283. The summed E-state index contributed by atoms with van der Waals surface area (Å²) in [4.78, 5) is 26.8. The van der Waals surface area contributed by atoms with Crippen molar-refractivity contribution in [1.82, 2.24) is 24.7 Å². The highest BCUT2D eigenvalue weighted by Crippen LogP contribution is 2.34. The van der Waals surface area contributed by atoms with Crippen LogP contribution in [0.1, 0.15) is 60.7 Å². The number of aryl methyl sites for hydroxylation is 1. The van der Waals surface area contributed by atoms with E-state index >= 15 is 0 Å². The predicted molar refractivity (Wildman–Crippen MR) is 122 cm³/mol. The van der Waals surface area contributed by atoms with Crippen LogP contribution in [0.2, 0.25) is 0 Å². The van der Waals surface area contributed by atoms with Gasteiger partial charge in [-0.15, -0.1) is 10.2 Å². The fourth-order valence-corrected chi connectivity index (χ4v) is 4.35.